The molecule has 0 aliphatic rings. The van der Waals surface area contributed by atoms with Crippen LogP contribution in [0.5, 0.6) is 5.75 Å². The van der Waals surface area contributed by atoms with Crippen molar-refractivity contribution in [3.05, 3.63) is 52.0 Å². The van der Waals surface area contributed by atoms with E-state index >= 15 is 0 Å². The number of halogens is 2. The van der Waals surface area contributed by atoms with Crippen molar-refractivity contribution >= 4 is 54.8 Å². The normalized spacial score (nSPS) is 13.0. The van der Waals surface area contributed by atoms with Crippen molar-refractivity contribution in [2.24, 2.45) is 5.14 Å². The highest BCUT2D eigenvalue weighted by Crippen LogP contribution is 2.34. The lowest BCUT2D eigenvalue weighted by atomic mass is 9.97. The summed E-state index contributed by atoms with van der Waals surface area (Å²) in [6, 6.07) is 10.5. The zero-order chi connectivity index (χ0) is 21.0. The maximum Gasteiger partial charge on any atom is 0.238 e. The molecular formula is C20H22Cl2N2O3S2. The van der Waals surface area contributed by atoms with E-state index in [9.17, 15) is 8.42 Å². The van der Waals surface area contributed by atoms with Gasteiger partial charge in [-0.25, -0.2) is 18.5 Å². The maximum absolute atomic E-state index is 11.9. The summed E-state index contributed by atoms with van der Waals surface area (Å²) >= 11 is 13.7. The molecule has 1 unspecified atom stereocenters. The number of alkyl halides is 1. The summed E-state index contributed by atoms with van der Waals surface area (Å²) in [4.78, 5) is 4.89. The first-order valence-corrected chi connectivity index (χ1v) is 12.4. The van der Waals surface area contributed by atoms with Gasteiger partial charge in [0.25, 0.3) is 0 Å². The van der Waals surface area contributed by atoms with Gasteiger partial charge in [0.2, 0.25) is 10.0 Å². The minimum atomic E-state index is -3.79. The molecule has 0 saturated heterocycles. The van der Waals surface area contributed by atoms with Crippen LogP contribution < -0.4 is 9.88 Å². The molecule has 1 aromatic heterocycles. The van der Waals surface area contributed by atoms with E-state index in [2.05, 4.69) is 0 Å². The molecule has 156 valence electrons. The van der Waals surface area contributed by atoms with Crippen LogP contribution in [-0.2, 0) is 16.4 Å². The van der Waals surface area contributed by atoms with Crippen LogP contribution in [-0.4, -0.2) is 26.4 Å². The molecule has 3 rings (SSSR count). The summed E-state index contributed by atoms with van der Waals surface area (Å²) in [6.45, 7) is 0. The highest BCUT2D eigenvalue weighted by atomic mass is 35.5. The predicted molar refractivity (Wildman–Crippen MR) is 120 cm³/mol. The van der Waals surface area contributed by atoms with Crippen molar-refractivity contribution in [1.29, 1.82) is 0 Å². The smallest absolute Gasteiger partial charge is 0.238 e. The van der Waals surface area contributed by atoms with E-state index in [1.54, 1.807) is 30.6 Å². The number of fused-ring (bicyclic) bond motifs is 1. The van der Waals surface area contributed by atoms with Crippen molar-refractivity contribution in [1.82, 2.24) is 4.98 Å². The molecule has 0 amide bonds. The van der Waals surface area contributed by atoms with Crippen LogP contribution in [0.2, 0.25) is 5.02 Å². The Balaban J connectivity index is 1.77. The Hall–Kier alpha value is -1.38. The van der Waals surface area contributed by atoms with Gasteiger partial charge in [0, 0.05) is 16.8 Å². The van der Waals surface area contributed by atoms with Crippen LogP contribution in [0, 0.1) is 0 Å². The first-order chi connectivity index (χ1) is 13.8. The Morgan fingerprint density at radius 1 is 1.21 bits per heavy atom. The Morgan fingerprint density at radius 2 is 2.00 bits per heavy atom. The summed E-state index contributed by atoms with van der Waals surface area (Å²) in [7, 11) is -2.25. The topological polar surface area (TPSA) is 82.3 Å². The number of aryl methyl sites for hydroxylation is 1. The summed E-state index contributed by atoms with van der Waals surface area (Å²) in [5.41, 5.74) is 1.59. The molecule has 1 heterocycles. The van der Waals surface area contributed by atoms with Gasteiger partial charge in [-0.15, -0.1) is 22.9 Å². The SMILES string of the molecule is COc1ccc(S(N)(=O)=O)c(CCCC(CCCl)c2nc3ccc(Cl)cc3s2)c1. The highest BCUT2D eigenvalue weighted by molar-refractivity contribution is 7.89. The molecule has 3 aromatic rings. The van der Waals surface area contributed by atoms with Gasteiger partial charge in [-0.3, -0.25) is 0 Å². The van der Waals surface area contributed by atoms with E-state index < -0.39 is 10.0 Å². The third-order valence-electron chi connectivity index (χ3n) is 4.75. The van der Waals surface area contributed by atoms with Gasteiger partial charge in [-0.2, -0.15) is 0 Å². The second kappa shape index (κ2) is 9.62. The Morgan fingerprint density at radius 3 is 2.69 bits per heavy atom. The molecule has 29 heavy (non-hydrogen) atoms. The number of aromatic nitrogens is 1. The fraction of sp³-hybridized carbons (Fsp3) is 0.350. The molecule has 0 bridgehead atoms. The molecule has 5 nitrogen and oxygen atoms in total. The summed E-state index contributed by atoms with van der Waals surface area (Å²) in [6.07, 6.45) is 2.98. The lowest BCUT2D eigenvalue weighted by Crippen LogP contribution is -2.15. The van der Waals surface area contributed by atoms with Crippen molar-refractivity contribution in [2.45, 2.75) is 36.5 Å². The van der Waals surface area contributed by atoms with E-state index in [4.69, 9.17) is 38.1 Å². The van der Waals surface area contributed by atoms with E-state index in [1.165, 1.54) is 6.07 Å². The second-order valence-corrected chi connectivity index (χ2v) is 10.2. The van der Waals surface area contributed by atoms with Crippen LogP contribution >= 0.6 is 34.5 Å². The number of hydrogen-bond acceptors (Lipinski definition) is 5. The first kappa shape index (κ1) is 22.3. The third kappa shape index (κ3) is 5.61. The lowest BCUT2D eigenvalue weighted by Gasteiger charge is -2.14. The van der Waals surface area contributed by atoms with Crippen LogP contribution in [0.25, 0.3) is 10.2 Å². The zero-order valence-corrected chi connectivity index (χ0v) is 19.0. The fourth-order valence-corrected chi connectivity index (χ4v) is 5.77. The fourth-order valence-electron chi connectivity index (χ4n) is 3.31. The number of rotatable bonds is 9. The summed E-state index contributed by atoms with van der Waals surface area (Å²) in [5.74, 6) is 1.34. The number of benzene rings is 2. The Bertz CT molecular complexity index is 1100. The average molecular weight is 473 g/mol. The van der Waals surface area contributed by atoms with Gasteiger partial charge >= 0.3 is 0 Å². The van der Waals surface area contributed by atoms with E-state index in [-0.39, 0.29) is 10.8 Å². The van der Waals surface area contributed by atoms with Gasteiger partial charge < -0.3 is 4.74 Å². The standard InChI is InChI=1S/C20H22Cl2N2O3S2/c1-27-16-6-8-19(29(23,25)26)14(11-16)4-2-3-13(9-10-21)20-24-17-7-5-15(22)12-18(17)28-20/h5-8,11-13H,2-4,9-10H2,1H3,(H2,23,25,26). The molecule has 9 heteroatoms. The van der Waals surface area contributed by atoms with Crippen LogP contribution in [0.3, 0.4) is 0 Å². The molecule has 0 aliphatic heterocycles. The van der Waals surface area contributed by atoms with Gasteiger partial charge in [0.05, 0.1) is 27.2 Å². The summed E-state index contributed by atoms with van der Waals surface area (Å²) in [5, 5.41) is 7.09. The average Bonchev–Trinajstić information content (AvgIpc) is 3.09. The second-order valence-electron chi connectivity index (χ2n) is 6.75. The van der Waals surface area contributed by atoms with Gasteiger partial charge in [-0.1, -0.05) is 11.6 Å². The van der Waals surface area contributed by atoms with Crippen molar-refractivity contribution in [2.75, 3.05) is 13.0 Å². The van der Waals surface area contributed by atoms with Crippen molar-refractivity contribution in [3.8, 4) is 5.75 Å². The molecular weight excluding hydrogens is 451 g/mol. The third-order valence-corrected chi connectivity index (χ3v) is 7.39. The minimum absolute atomic E-state index is 0.141. The molecule has 1 atom stereocenters. The summed E-state index contributed by atoms with van der Waals surface area (Å²) < 4.78 is 30.1. The van der Waals surface area contributed by atoms with E-state index in [0.29, 0.717) is 28.6 Å². The number of primary sulfonamides is 1. The molecule has 2 aromatic carbocycles. The maximum atomic E-state index is 11.9. The first-order valence-electron chi connectivity index (χ1n) is 9.13. The quantitative estimate of drug-likeness (QED) is 0.425. The monoisotopic (exact) mass is 472 g/mol. The highest BCUT2D eigenvalue weighted by Gasteiger charge is 2.18. The van der Waals surface area contributed by atoms with Gasteiger partial charge in [0.1, 0.15) is 5.75 Å². The van der Waals surface area contributed by atoms with E-state index in [1.807, 2.05) is 18.2 Å². The number of ether oxygens (including phenoxy) is 1. The van der Waals surface area contributed by atoms with Gasteiger partial charge in [-0.05, 0) is 67.6 Å². The van der Waals surface area contributed by atoms with Crippen LogP contribution in [0.15, 0.2) is 41.3 Å². The largest absolute Gasteiger partial charge is 0.497 e. The molecule has 2 N–H and O–H groups in total. The molecule has 0 spiro atoms. The van der Waals surface area contributed by atoms with Crippen molar-refractivity contribution < 1.29 is 13.2 Å². The number of nitrogens with two attached hydrogens (primary N) is 1. The zero-order valence-electron chi connectivity index (χ0n) is 15.9. The predicted octanol–water partition coefficient (Wildman–Crippen LogP) is 5.34. The molecule has 0 fully saturated rings. The van der Waals surface area contributed by atoms with Crippen LogP contribution in [0.1, 0.15) is 35.8 Å². The number of hydrogen-bond donors (Lipinski definition) is 1. The molecule has 0 saturated carbocycles. The number of sulfonamides is 1. The Kier molecular flexibility index (Phi) is 7.40. The van der Waals surface area contributed by atoms with E-state index in [0.717, 1.165) is 34.5 Å². The number of methoxy groups -OCH3 is 1. The molecule has 0 aliphatic carbocycles. The molecule has 0 radical (unpaired) electrons. The number of thiazole rings is 1. The minimum Gasteiger partial charge on any atom is -0.497 e. The number of nitrogens with zero attached hydrogens (tertiary/aromatic N) is 1. The van der Waals surface area contributed by atoms with Crippen LogP contribution in [0.4, 0.5) is 0 Å². The van der Waals surface area contributed by atoms with Crippen molar-refractivity contribution in [3.63, 3.8) is 0 Å². The van der Waals surface area contributed by atoms with Gasteiger partial charge in [0.15, 0.2) is 0 Å². The Labute approximate surface area is 184 Å². The lowest BCUT2D eigenvalue weighted by molar-refractivity contribution is 0.413.